The maximum Gasteiger partial charge on any atom is 0.0441 e. The number of nitrogens with zero attached hydrogens (tertiary/aromatic N) is 1. The van der Waals surface area contributed by atoms with Gasteiger partial charge in [-0.05, 0) is 35.7 Å². The van der Waals surface area contributed by atoms with Gasteiger partial charge in [0.25, 0.3) is 0 Å². The molecule has 0 unspecified atom stereocenters. The minimum atomic E-state index is 0.944. The first-order chi connectivity index (χ1) is 9.74. The Hall–Kier alpha value is -1.32. The molecular formula is C17H19BrN2. The molecule has 0 aromatic heterocycles. The van der Waals surface area contributed by atoms with Crippen LogP contribution in [0.15, 0.2) is 46.9 Å². The summed E-state index contributed by atoms with van der Waals surface area (Å²) >= 11 is 3.69. The third kappa shape index (κ3) is 2.89. The van der Waals surface area contributed by atoms with E-state index in [1.54, 1.807) is 0 Å². The Labute approximate surface area is 128 Å². The monoisotopic (exact) mass is 330 g/mol. The number of para-hydroxylation sites is 1. The van der Waals surface area contributed by atoms with E-state index in [0.29, 0.717) is 0 Å². The van der Waals surface area contributed by atoms with Gasteiger partial charge < -0.3 is 10.2 Å². The molecule has 1 N–H and O–H groups in total. The Bertz CT molecular complexity index is 610. The van der Waals surface area contributed by atoms with Gasteiger partial charge in [0.2, 0.25) is 0 Å². The number of benzene rings is 2. The lowest BCUT2D eigenvalue weighted by molar-refractivity contribution is 0.688. The van der Waals surface area contributed by atoms with Gasteiger partial charge in [0.05, 0.1) is 0 Å². The lowest BCUT2D eigenvalue weighted by atomic mass is 10.1. The highest BCUT2D eigenvalue weighted by Gasteiger charge is 2.15. The van der Waals surface area contributed by atoms with Crippen molar-refractivity contribution in [1.29, 1.82) is 0 Å². The maximum absolute atomic E-state index is 3.69. The number of nitrogens with one attached hydrogen (secondary N) is 1. The third-order valence-electron chi connectivity index (χ3n) is 3.78. The van der Waals surface area contributed by atoms with Crippen molar-refractivity contribution in [3.05, 3.63) is 63.6 Å². The fraction of sp³-hybridized carbons (Fsp3) is 0.294. The van der Waals surface area contributed by atoms with Gasteiger partial charge in [0.1, 0.15) is 0 Å². The molecule has 2 nitrogen and oxygen atoms in total. The largest absolute Gasteiger partial charge is 0.366 e. The molecule has 0 radical (unpaired) electrons. The van der Waals surface area contributed by atoms with Crippen LogP contribution in [0.25, 0.3) is 0 Å². The van der Waals surface area contributed by atoms with Crippen LogP contribution in [0.5, 0.6) is 0 Å². The van der Waals surface area contributed by atoms with Gasteiger partial charge in [-0.3, -0.25) is 0 Å². The first-order valence-electron chi connectivity index (χ1n) is 7.02. The first-order valence-corrected chi connectivity index (χ1v) is 7.82. The number of rotatable bonds is 2. The molecule has 0 bridgehead atoms. The van der Waals surface area contributed by atoms with Gasteiger partial charge in [-0.15, -0.1) is 0 Å². The van der Waals surface area contributed by atoms with Crippen LogP contribution in [0, 0.1) is 6.92 Å². The summed E-state index contributed by atoms with van der Waals surface area (Å²) in [5, 5.41) is 3.49. The topological polar surface area (TPSA) is 15.3 Å². The van der Waals surface area contributed by atoms with E-state index in [1.165, 1.54) is 26.9 Å². The van der Waals surface area contributed by atoms with Crippen molar-refractivity contribution in [2.45, 2.75) is 20.0 Å². The standard InChI is InChI=1S/C17H19BrN2/c1-13-6-7-15(16(18)10-13)12-20-9-8-19-11-14-4-2-3-5-17(14)20/h2-7,10,19H,8-9,11-12H2,1H3. The summed E-state index contributed by atoms with van der Waals surface area (Å²) < 4.78 is 1.20. The Morgan fingerprint density at radius 3 is 2.90 bits per heavy atom. The van der Waals surface area contributed by atoms with Crippen molar-refractivity contribution in [2.24, 2.45) is 0 Å². The SMILES string of the molecule is Cc1ccc(CN2CCNCc3ccccc32)c(Br)c1. The predicted octanol–water partition coefficient (Wildman–Crippen LogP) is 3.87. The fourth-order valence-electron chi connectivity index (χ4n) is 2.68. The molecule has 2 aromatic rings. The second-order valence-electron chi connectivity index (χ2n) is 5.32. The summed E-state index contributed by atoms with van der Waals surface area (Å²) in [6.45, 7) is 6.09. The van der Waals surface area contributed by atoms with Crippen LogP contribution in [0.2, 0.25) is 0 Å². The Morgan fingerprint density at radius 2 is 2.05 bits per heavy atom. The summed E-state index contributed by atoms with van der Waals surface area (Å²) in [6, 6.07) is 15.3. The summed E-state index contributed by atoms with van der Waals surface area (Å²) in [4.78, 5) is 2.46. The van der Waals surface area contributed by atoms with Crippen LogP contribution in [-0.4, -0.2) is 13.1 Å². The second kappa shape index (κ2) is 5.98. The number of halogens is 1. The molecule has 104 valence electrons. The number of hydrogen-bond donors (Lipinski definition) is 1. The normalized spacial score (nSPS) is 14.8. The first kappa shape index (κ1) is 13.7. The fourth-order valence-corrected chi connectivity index (χ4v) is 3.30. The second-order valence-corrected chi connectivity index (χ2v) is 6.18. The van der Waals surface area contributed by atoms with Gasteiger partial charge in [0.15, 0.2) is 0 Å². The molecule has 20 heavy (non-hydrogen) atoms. The molecule has 1 aliphatic rings. The molecule has 0 spiro atoms. The van der Waals surface area contributed by atoms with Gasteiger partial charge in [-0.1, -0.05) is 46.3 Å². The van der Waals surface area contributed by atoms with Gasteiger partial charge in [-0.2, -0.15) is 0 Å². The van der Waals surface area contributed by atoms with E-state index in [2.05, 4.69) is 75.5 Å². The minimum Gasteiger partial charge on any atom is -0.366 e. The predicted molar refractivity (Wildman–Crippen MR) is 88.1 cm³/mol. The highest BCUT2D eigenvalue weighted by Crippen LogP contribution is 2.26. The quantitative estimate of drug-likeness (QED) is 0.899. The highest BCUT2D eigenvalue weighted by molar-refractivity contribution is 9.10. The van der Waals surface area contributed by atoms with Crippen molar-refractivity contribution < 1.29 is 0 Å². The zero-order chi connectivity index (χ0) is 13.9. The van der Waals surface area contributed by atoms with E-state index < -0.39 is 0 Å². The van der Waals surface area contributed by atoms with Crippen LogP contribution >= 0.6 is 15.9 Å². The smallest absolute Gasteiger partial charge is 0.0441 e. The van der Waals surface area contributed by atoms with Crippen LogP contribution < -0.4 is 10.2 Å². The average molecular weight is 331 g/mol. The average Bonchev–Trinajstić information content (AvgIpc) is 2.65. The van der Waals surface area contributed by atoms with Crippen molar-refractivity contribution in [3.8, 4) is 0 Å². The van der Waals surface area contributed by atoms with E-state index in [9.17, 15) is 0 Å². The molecule has 1 heterocycles. The van der Waals surface area contributed by atoms with Gasteiger partial charge in [-0.25, -0.2) is 0 Å². The van der Waals surface area contributed by atoms with Gasteiger partial charge >= 0.3 is 0 Å². The minimum absolute atomic E-state index is 0.944. The summed E-state index contributed by atoms with van der Waals surface area (Å²) in [5.74, 6) is 0. The lowest BCUT2D eigenvalue weighted by Crippen LogP contribution is -2.28. The number of aryl methyl sites for hydroxylation is 1. The molecular weight excluding hydrogens is 312 g/mol. The Balaban J connectivity index is 1.90. The molecule has 0 saturated carbocycles. The van der Waals surface area contributed by atoms with Crippen molar-refractivity contribution >= 4 is 21.6 Å². The number of hydrogen-bond acceptors (Lipinski definition) is 2. The molecule has 0 aliphatic carbocycles. The zero-order valence-corrected chi connectivity index (χ0v) is 13.3. The lowest BCUT2D eigenvalue weighted by Gasteiger charge is -2.25. The summed E-state index contributed by atoms with van der Waals surface area (Å²) in [6.07, 6.45) is 0. The van der Waals surface area contributed by atoms with E-state index in [-0.39, 0.29) is 0 Å². The molecule has 3 heteroatoms. The summed E-state index contributed by atoms with van der Waals surface area (Å²) in [5.41, 5.74) is 5.36. The van der Waals surface area contributed by atoms with E-state index in [0.717, 1.165) is 26.2 Å². The van der Waals surface area contributed by atoms with Crippen LogP contribution in [0.4, 0.5) is 5.69 Å². The third-order valence-corrected chi connectivity index (χ3v) is 4.51. The Morgan fingerprint density at radius 1 is 1.20 bits per heavy atom. The number of anilines is 1. The van der Waals surface area contributed by atoms with Crippen molar-refractivity contribution in [3.63, 3.8) is 0 Å². The van der Waals surface area contributed by atoms with Gasteiger partial charge in [0, 0.05) is 36.3 Å². The molecule has 0 saturated heterocycles. The molecule has 0 fully saturated rings. The molecule has 0 amide bonds. The van der Waals surface area contributed by atoms with E-state index in [4.69, 9.17) is 0 Å². The van der Waals surface area contributed by atoms with Crippen molar-refractivity contribution in [2.75, 3.05) is 18.0 Å². The molecule has 1 aliphatic heterocycles. The molecule has 2 aromatic carbocycles. The highest BCUT2D eigenvalue weighted by atomic mass is 79.9. The number of fused-ring (bicyclic) bond motifs is 1. The molecule has 0 atom stereocenters. The maximum atomic E-state index is 3.69. The molecule has 3 rings (SSSR count). The Kier molecular flexibility index (Phi) is 4.08. The van der Waals surface area contributed by atoms with E-state index in [1.807, 2.05) is 0 Å². The summed E-state index contributed by atoms with van der Waals surface area (Å²) in [7, 11) is 0. The van der Waals surface area contributed by atoms with Crippen LogP contribution in [0.1, 0.15) is 16.7 Å². The van der Waals surface area contributed by atoms with Crippen LogP contribution in [-0.2, 0) is 13.1 Å². The van der Waals surface area contributed by atoms with E-state index >= 15 is 0 Å². The zero-order valence-electron chi connectivity index (χ0n) is 11.7. The van der Waals surface area contributed by atoms with Crippen molar-refractivity contribution in [1.82, 2.24) is 5.32 Å². The van der Waals surface area contributed by atoms with Crippen LogP contribution in [0.3, 0.4) is 0 Å².